The number of H-pyrrole nitrogens is 1. The van der Waals surface area contributed by atoms with Gasteiger partial charge in [0.1, 0.15) is 0 Å². The molecule has 1 N–H and O–H groups in total. The van der Waals surface area contributed by atoms with Crippen molar-refractivity contribution in [3.63, 3.8) is 0 Å². The standard InChI is InChI=1S/C9H6N2OS3/c12-7(6-4-2-1-3-5-6)14-9-11-10-8(13)15-9/h1-5H,(H,10,13). The molecule has 0 unspecified atom stereocenters. The van der Waals surface area contributed by atoms with Gasteiger partial charge in [-0.15, -0.1) is 0 Å². The molecule has 6 heteroatoms. The predicted molar refractivity (Wildman–Crippen MR) is 63.9 cm³/mol. The molecule has 0 spiro atoms. The molecular formula is C9H6N2OS3. The van der Waals surface area contributed by atoms with Gasteiger partial charge in [-0.2, -0.15) is 5.10 Å². The highest BCUT2D eigenvalue weighted by Crippen LogP contribution is 2.24. The van der Waals surface area contributed by atoms with E-state index in [4.69, 9.17) is 12.2 Å². The Hall–Kier alpha value is -0.980. The quantitative estimate of drug-likeness (QED) is 0.660. The van der Waals surface area contributed by atoms with Crippen LogP contribution in [0.5, 0.6) is 0 Å². The first-order chi connectivity index (χ1) is 7.25. The van der Waals surface area contributed by atoms with Gasteiger partial charge in [0, 0.05) is 5.56 Å². The zero-order valence-corrected chi connectivity index (χ0v) is 9.92. The SMILES string of the molecule is O=C(Sc1n[nH]c(=S)s1)c1ccccc1. The minimum Gasteiger partial charge on any atom is -0.281 e. The lowest BCUT2D eigenvalue weighted by Gasteiger charge is -1.95. The molecule has 0 saturated heterocycles. The highest BCUT2D eigenvalue weighted by atomic mass is 32.2. The van der Waals surface area contributed by atoms with Gasteiger partial charge in [0.15, 0.2) is 8.29 Å². The average Bonchev–Trinajstić information content (AvgIpc) is 2.65. The number of benzene rings is 1. The summed E-state index contributed by atoms with van der Waals surface area (Å²) in [5.41, 5.74) is 0.670. The van der Waals surface area contributed by atoms with Gasteiger partial charge in [0.25, 0.3) is 0 Å². The molecule has 0 fully saturated rings. The molecule has 1 heterocycles. The van der Waals surface area contributed by atoms with E-state index in [1.807, 2.05) is 18.2 Å². The maximum Gasteiger partial charge on any atom is 0.226 e. The third-order valence-electron chi connectivity index (χ3n) is 1.61. The molecule has 0 aliphatic carbocycles. The number of aromatic amines is 1. The highest BCUT2D eigenvalue weighted by Gasteiger charge is 2.09. The topological polar surface area (TPSA) is 45.8 Å². The molecule has 0 saturated carbocycles. The maximum atomic E-state index is 11.7. The first-order valence-corrected chi connectivity index (χ1v) is 6.12. The first-order valence-electron chi connectivity index (χ1n) is 4.08. The fourth-order valence-electron chi connectivity index (χ4n) is 0.972. The third kappa shape index (κ3) is 2.74. The minimum atomic E-state index is -0.0200. The van der Waals surface area contributed by atoms with Crippen LogP contribution in [0.1, 0.15) is 10.4 Å². The van der Waals surface area contributed by atoms with Crippen LogP contribution in [0.25, 0.3) is 0 Å². The lowest BCUT2D eigenvalue weighted by molar-refractivity contribution is 0.108. The van der Waals surface area contributed by atoms with E-state index in [9.17, 15) is 4.79 Å². The van der Waals surface area contributed by atoms with Crippen LogP contribution in [0.15, 0.2) is 34.7 Å². The van der Waals surface area contributed by atoms with Crippen molar-refractivity contribution in [2.45, 2.75) is 4.34 Å². The second-order valence-electron chi connectivity index (χ2n) is 2.63. The molecule has 2 aromatic rings. The van der Waals surface area contributed by atoms with Crippen LogP contribution in [-0.2, 0) is 0 Å². The second-order valence-corrected chi connectivity index (χ2v) is 5.52. The maximum absolute atomic E-state index is 11.7. The Morgan fingerprint density at radius 1 is 1.40 bits per heavy atom. The van der Waals surface area contributed by atoms with Crippen molar-refractivity contribution < 1.29 is 4.79 Å². The molecule has 1 aromatic heterocycles. The zero-order valence-electron chi connectivity index (χ0n) is 7.47. The van der Waals surface area contributed by atoms with Crippen LogP contribution in [0, 0.1) is 3.95 Å². The van der Waals surface area contributed by atoms with Crippen molar-refractivity contribution in [2.75, 3.05) is 0 Å². The summed E-state index contributed by atoms with van der Waals surface area (Å²) in [5.74, 6) is 0. The molecule has 0 atom stereocenters. The number of thioether (sulfide) groups is 1. The number of hydrogen-bond donors (Lipinski definition) is 1. The van der Waals surface area contributed by atoms with Gasteiger partial charge >= 0.3 is 0 Å². The van der Waals surface area contributed by atoms with Crippen molar-refractivity contribution in [1.29, 1.82) is 0 Å². The lowest BCUT2D eigenvalue weighted by atomic mass is 10.2. The Labute approximate surface area is 99.5 Å². The van der Waals surface area contributed by atoms with Crippen molar-refractivity contribution >= 4 is 40.4 Å². The van der Waals surface area contributed by atoms with E-state index in [1.54, 1.807) is 12.1 Å². The van der Waals surface area contributed by atoms with Gasteiger partial charge in [-0.25, -0.2) is 0 Å². The molecule has 0 bridgehead atoms. The number of aromatic nitrogens is 2. The smallest absolute Gasteiger partial charge is 0.226 e. The predicted octanol–water partition coefficient (Wildman–Crippen LogP) is 3.13. The van der Waals surface area contributed by atoms with E-state index in [0.29, 0.717) is 13.9 Å². The monoisotopic (exact) mass is 254 g/mol. The van der Waals surface area contributed by atoms with Crippen LogP contribution < -0.4 is 0 Å². The van der Waals surface area contributed by atoms with Crippen LogP contribution >= 0.6 is 35.3 Å². The van der Waals surface area contributed by atoms with Crippen LogP contribution in [0.4, 0.5) is 0 Å². The summed E-state index contributed by atoms with van der Waals surface area (Å²) >= 11 is 7.27. The van der Waals surface area contributed by atoms with Crippen molar-refractivity contribution in [3.8, 4) is 0 Å². The number of nitrogens with zero attached hydrogens (tertiary/aromatic N) is 1. The molecule has 1 aromatic carbocycles. The summed E-state index contributed by atoms with van der Waals surface area (Å²) in [4.78, 5) is 11.7. The Bertz CT molecular complexity index is 517. The van der Waals surface area contributed by atoms with Gasteiger partial charge in [-0.1, -0.05) is 41.7 Å². The molecule has 0 aliphatic heterocycles. The van der Waals surface area contributed by atoms with Crippen LogP contribution in [0.3, 0.4) is 0 Å². The summed E-state index contributed by atoms with van der Waals surface area (Å²) in [6.45, 7) is 0. The Morgan fingerprint density at radius 2 is 2.13 bits per heavy atom. The summed E-state index contributed by atoms with van der Waals surface area (Å²) in [7, 11) is 0. The zero-order chi connectivity index (χ0) is 10.7. The fourth-order valence-corrected chi connectivity index (χ4v) is 2.90. The fraction of sp³-hybridized carbons (Fsp3) is 0. The van der Waals surface area contributed by atoms with E-state index in [0.717, 1.165) is 11.8 Å². The Balaban J connectivity index is 2.14. The first kappa shape index (κ1) is 10.5. The van der Waals surface area contributed by atoms with Crippen LogP contribution in [-0.4, -0.2) is 15.3 Å². The van der Waals surface area contributed by atoms with Gasteiger partial charge in [-0.3, -0.25) is 9.89 Å². The Morgan fingerprint density at radius 3 is 2.73 bits per heavy atom. The van der Waals surface area contributed by atoms with Gasteiger partial charge in [0.2, 0.25) is 5.12 Å². The number of hydrogen-bond acceptors (Lipinski definition) is 5. The lowest BCUT2D eigenvalue weighted by Crippen LogP contribution is -1.91. The van der Waals surface area contributed by atoms with Crippen molar-refractivity contribution in [2.24, 2.45) is 0 Å². The molecule has 0 aliphatic rings. The summed E-state index contributed by atoms with van der Waals surface area (Å²) in [6.07, 6.45) is 0. The summed E-state index contributed by atoms with van der Waals surface area (Å²) in [5, 5.41) is 6.53. The molecule has 76 valence electrons. The molecule has 0 amide bonds. The third-order valence-corrected chi connectivity index (χ3v) is 3.68. The Kier molecular flexibility index (Phi) is 3.30. The number of carbonyl (C=O) groups excluding carboxylic acids is 1. The molecule has 0 radical (unpaired) electrons. The van der Waals surface area contributed by atoms with E-state index in [2.05, 4.69) is 10.2 Å². The number of nitrogens with one attached hydrogen (secondary N) is 1. The van der Waals surface area contributed by atoms with E-state index < -0.39 is 0 Å². The van der Waals surface area contributed by atoms with E-state index in [-0.39, 0.29) is 5.12 Å². The summed E-state index contributed by atoms with van der Waals surface area (Å²) < 4.78 is 1.23. The van der Waals surface area contributed by atoms with E-state index >= 15 is 0 Å². The number of rotatable bonds is 2. The second kappa shape index (κ2) is 4.69. The summed E-state index contributed by atoms with van der Waals surface area (Å²) in [6, 6.07) is 9.10. The van der Waals surface area contributed by atoms with Gasteiger partial charge < -0.3 is 0 Å². The van der Waals surface area contributed by atoms with Crippen molar-refractivity contribution in [3.05, 3.63) is 39.8 Å². The van der Waals surface area contributed by atoms with Crippen LogP contribution in [0.2, 0.25) is 0 Å². The molecule has 2 rings (SSSR count). The largest absolute Gasteiger partial charge is 0.281 e. The molecular weight excluding hydrogens is 248 g/mol. The highest BCUT2D eigenvalue weighted by molar-refractivity contribution is 8.15. The molecule has 3 nitrogen and oxygen atoms in total. The van der Waals surface area contributed by atoms with Gasteiger partial charge in [-0.05, 0) is 24.0 Å². The van der Waals surface area contributed by atoms with E-state index in [1.165, 1.54) is 11.3 Å². The average molecular weight is 254 g/mol. The minimum absolute atomic E-state index is 0.0200. The normalized spacial score (nSPS) is 10.1. The number of carbonyl (C=O) groups is 1. The molecule has 15 heavy (non-hydrogen) atoms. The van der Waals surface area contributed by atoms with Crippen molar-refractivity contribution in [1.82, 2.24) is 10.2 Å². The van der Waals surface area contributed by atoms with Gasteiger partial charge in [0.05, 0.1) is 0 Å².